The van der Waals surface area contributed by atoms with Gasteiger partial charge in [0.1, 0.15) is 12.6 Å². The normalized spacial score (nSPS) is 12.3. The number of hydrogen-bond donors (Lipinski definition) is 1. The van der Waals surface area contributed by atoms with Gasteiger partial charge in [-0.05, 0) is 35.6 Å². The third kappa shape index (κ3) is 5.45. The van der Waals surface area contributed by atoms with E-state index >= 15 is 0 Å². The molecule has 0 heterocycles. The van der Waals surface area contributed by atoms with Crippen molar-refractivity contribution in [3.63, 3.8) is 0 Å². The minimum Gasteiger partial charge on any atom is -0.456 e. The first kappa shape index (κ1) is 18.7. The van der Waals surface area contributed by atoms with E-state index in [1.165, 1.54) is 0 Å². The lowest BCUT2D eigenvalue weighted by molar-refractivity contribution is -0.147. The van der Waals surface area contributed by atoms with Crippen LogP contribution in [0.3, 0.4) is 0 Å². The molecule has 2 aromatic carbocycles. The minimum absolute atomic E-state index is 0.0341. The summed E-state index contributed by atoms with van der Waals surface area (Å²) in [6.07, 6.45) is -0.350. The first-order chi connectivity index (χ1) is 11.8. The molecule has 0 aromatic heterocycles. The van der Waals surface area contributed by atoms with E-state index in [1.54, 1.807) is 19.1 Å². The maximum atomic E-state index is 12.1. The standard InChI is InChI=1S/C21H25NO3/c1-15(16-8-6-5-7-9-16)25-19(23)14-22-20(24)17-10-12-18(13-11-17)21(2,3)4/h5-13,15H,14H2,1-4H3,(H,22,24)/t15-/m1/s1. The van der Waals surface area contributed by atoms with E-state index in [0.717, 1.165) is 11.1 Å². The lowest BCUT2D eigenvalue weighted by Crippen LogP contribution is -2.31. The van der Waals surface area contributed by atoms with Gasteiger partial charge in [-0.1, -0.05) is 63.2 Å². The van der Waals surface area contributed by atoms with Crippen LogP contribution in [0, 0.1) is 0 Å². The van der Waals surface area contributed by atoms with Crippen LogP contribution in [0.5, 0.6) is 0 Å². The van der Waals surface area contributed by atoms with E-state index in [0.29, 0.717) is 5.56 Å². The van der Waals surface area contributed by atoms with Crippen LogP contribution in [0.15, 0.2) is 54.6 Å². The Morgan fingerprint density at radius 2 is 1.60 bits per heavy atom. The van der Waals surface area contributed by atoms with Crippen LogP contribution in [0.25, 0.3) is 0 Å². The molecule has 2 rings (SSSR count). The summed E-state index contributed by atoms with van der Waals surface area (Å²) in [5, 5.41) is 2.60. The fraction of sp³-hybridized carbons (Fsp3) is 0.333. The maximum Gasteiger partial charge on any atom is 0.326 e. The molecule has 25 heavy (non-hydrogen) atoms. The average Bonchev–Trinajstić information content (AvgIpc) is 2.59. The lowest BCUT2D eigenvalue weighted by atomic mass is 9.87. The zero-order valence-electron chi connectivity index (χ0n) is 15.2. The van der Waals surface area contributed by atoms with Crippen LogP contribution >= 0.6 is 0 Å². The summed E-state index contributed by atoms with van der Waals surface area (Å²) in [5.41, 5.74) is 2.63. The first-order valence-corrected chi connectivity index (χ1v) is 8.40. The molecule has 0 aliphatic rings. The molecular weight excluding hydrogens is 314 g/mol. The van der Waals surface area contributed by atoms with Crippen molar-refractivity contribution in [3.05, 3.63) is 71.3 Å². The van der Waals surface area contributed by atoms with Crippen molar-refractivity contribution in [2.45, 2.75) is 39.2 Å². The zero-order chi connectivity index (χ0) is 18.4. The average molecular weight is 339 g/mol. The minimum atomic E-state index is -0.462. The number of ether oxygens (including phenoxy) is 1. The highest BCUT2D eigenvalue weighted by Crippen LogP contribution is 2.22. The smallest absolute Gasteiger partial charge is 0.326 e. The van der Waals surface area contributed by atoms with E-state index in [2.05, 4.69) is 26.1 Å². The Labute approximate surface area is 149 Å². The van der Waals surface area contributed by atoms with Gasteiger partial charge in [0.15, 0.2) is 0 Å². The highest BCUT2D eigenvalue weighted by atomic mass is 16.5. The van der Waals surface area contributed by atoms with Crippen LogP contribution < -0.4 is 5.32 Å². The molecule has 1 amide bonds. The third-order valence-corrected chi connectivity index (χ3v) is 3.98. The molecule has 4 nitrogen and oxygen atoms in total. The number of carbonyl (C=O) groups is 2. The monoisotopic (exact) mass is 339 g/mol. The number of esters is 1. The van der Waals surface area contributed by atoms with Crippen molar-refractivity contribution in [1.82, 2.24) is 5.32 Å². The molecule has 0 saturated carbocycles. The van der Waals surface area contributed by atoms with Crippen LogP contribution in [0.4, 0.5) is 0 Å². The lowest BCUT2D eigenvalue weighted by Gasteiger charge is -2.19. The summed E-state index contributed by atoms with van der Waals surface area (Å²) in [6.45, 7) is 8.00. The van der Waals surface area contributed by atoms with Crippen molar-refractivity contribution >= 4 is 11.9 Å². The largest absolute Gasteiger partial charge is 0.456 e. The van der Waals surface area contributed by atoms with Crippen LogP contribution in [-0.4, -0.2) is 18.4 Å². The Morgan fingerprint density at radius 1 is 1.00 bits per heavy atom. The van der Waals surface area contributed by atoms with Gasteiger partial charge in [0, 0.05) is 5.56 Å². The molecule has 0 unspecified atom stereocenters. The summed E-state index contributed by atoms with van der Waals surface area (Å²) in [4.78, 5) is 24.1. The van der Waals surface area contributed by atoms with Crippen molar-refractivity contribution in [2.75, 3.05) is 6.54 Å². The number of rotatable bonds is 5. The van der Waals surface area contributed by atoms with Gasteiger partial charge in [-0.25, -0.2) is 0 Å². The second-order valence-electron chi connectivity index (χ2n) is 7.05. The number of benzene rings is 2. The topological polar surface area (TPSA) is 55.4 Å². The Balaban J connectivity index is 1.86. The molecule has 0 aliphatic carbocycles. The Morgan fingerprint density at radius 3 is 2.16 bits per heavy atom. The second-order valence-corrected chi connectivity index (χ2v) is 7.05. The molecule has 0 saturated heterocycles. The van der Waals surface area contributed by atoms with Gasteiger partial charge in [0.25, 0.3) is 5.91 Å². The molecule has 1 atom stereocenters. The quantitative estimate of drug-likeness (QED) is 0.837. The van der Waals surface area contributed by atoms with Gasteiger partial charge < -0.3 is 10.1 Å². The summed E-state index contributed by atoms with van der Waals surface area (Å²) in [5.74, 6) is -0.749. The van der Waals surface area contributed by atoms with Gasteiger partial charge >= 0.3 is 5.97 Å². The molecule has 4 heteroatoms. The fourth-order valence-electron chi connectivity index (χ4n) is 2.41. The van der Waals surface area contributed by atoms with Crippen LogP contribution in [-0.2, 0) is 14.9 Å². The number of carbonyl (C=O) groups excluding carboxylic acids is 2. The van der Waals surface area contributed by atoms with Crippen LogP contribution in [0.2, 0.25) is 0 Å². The number of nitrogens with one attached hydrogen (secondary N) is 1. The molecule has 2 aromatic rings. The van der Waals surface area contributed by atoms with E-state index in [9.17, 15) is 9.59 Å². The van der Waals surface area contributed by atoms with Gasteiger partial charge in [-0.3, -0.25) is 9.59 Å². The van der Waals surface area contributed by atoms with Gasteiger partial charge in [0.05, 0.1) is 0 Å². The molecule has 132 valence electrons. The van der Waals surface area contributed by atoms with E-state index in [-0.39, 0.29) is 24.0 Å². The molecule has 0 spiro atoms. The van der Waals surface area contributed by atoms with E-state index in [1.807, 2.05) is 42.5 Å². The molecule has 1 N–H and O–H groups in total. The summed E-state index contributed by atoms with van der Waals surface area (Å²) in [6, 6.07) is 16.9. The molecule has 0 fully saturated rings. The number of hydrogen-bond acceptors (Lipinski definition) is 3. The predicted octanol–water partition coefficient (Wildman–Crippen LogP) is 4.02. The predicted molar refractivity (Wildman–Crippen MR) is 98.4 cm³/mol. The van der Waals surface area contributed by atoms with E-state index in [4.69, 9.17) is 4.74 Å². The molecular formula is C21H25NO3. The second kappa shape index (κ2) is 7.97. The van der Waals surface area contributed by atoms with Crippen molar-refractivity contribution in [2.24, 2.45) is 0 Å². The maximum absolute atomic E-state index is 12.1. The number of amides is 1. The Kier molecular flexibility index (Phi) is 5.97. The molecule has 0 radical (unpaired) electrons. The molecule has 0 bridgehead atoms. The first-order valence-electron chi connectivity index (χ1n) is 8.40. The summed E-state index contributed by atoms with van der Waals surface area (Å²) < 4.78 is 5.33. The Bertz CT molecular complexity index is 715. The highest BCUT2D eigenvalue weighted by Gasteiger charge is 2.16. The zero-order valence-corrected chi connectivity index (χ0v) is 15.2. The van der Waals surface area contributed by atoms with Crippen LogP contribution in [0.1, 0.15) is 55.3 Å². The Hall–Kier alpha value is -2.62. The molecule has 0 aliphatic heterocycles. The van der Waals surface area contributed by atoms with Crippen molar-refractivity contribution in [3.8, 4) is 0 Å². The third-order valence-electron chi connectivity index (χ3n) is 3.98. The summed E-state index contributed by atoms with van der Waals surface area (Å²) >= 11 is 0. The fourth-order valence-corrected chi connectivity index (χ4v) is 2.41. The SMILES string of the molecule is C[C@@H](OC(=O)CNC(=O)c1ccc(C(C)(C)C)cc1)c1ccccc1. The van der Waals surface area contributed by atoms with Gasteiger partial charge in [0.2, 0.25) is 0 Å². The van der Waals surface area contributed by atoms with Crippen molar-refractivity contribution in [1.29, 1.82) is 0 Å². The highest BCUT2D eigenvalue weighted by molar-refractivity contribution is 5.95. The van der Waals surface area contributed by atoms with Crippen molar-refractivity contribution < 1.29 is 14.3 Å². The van der Waals surface area contributed by atoms with Gasteiger partial charge in [-0.15, -0.1) is 0 Å². The van der Waals surface area contributed by atoms with Gasteiger partial charge in [-0.2, -0.15) is 0 Å². The summed E-state index contributed by atoms with van der Waals surface area (Å²) in [7, 11) is 0. The van der Waals surface area contributed by atoms with E-state index < -0.39 is 5.97 Å².